The van der Waals surface area contributed by atoms with Gasteiger partial charge < -0.3 is 14.8 Å². The highest BCUT2D eigenvalue weighted by molar-refractivity contribution is 6.32. The summed E-state index contributed by atoms with van der Waals surface area (Å²) in [7, 11) is 1.53. The first-order chi connectivity index (χ1) is 10.2. The maximum Gasteiger partial charge on any atom is 0.255 e. The quantitative estimate of drug-likeness (QED) is 0.834. The zero-order chi connectivity index (χ0) is 15.1. The Morgan fingerprint density at radius 1 is 1.10 bits per heavy atom. The third-order valence-corrected chi connectivity index (χ3v) is 3.15. The number of carbonyl (C=O) groups is 1. The van der Waals surface area contributed by atoms with E-state index in [0.717, 1.165) is 0 Å². The van der Waals surface area contributed by atoms with E-state index in [1.54, 1.807) is 30.3 Å². The zero-order valence-electron chi connectivity index (χ0n) is 11.6. The lowest BCUT2D eigenvalue weighted by atomic mass is 10.2. The fraction of sp³-hybridized carbons (Fsp3) is 0.188. The summed E-state index contributed by atoms with van der Waals surface area (Å²) in [4.78, 5) is 12.0. The van der Waals surface area contributed by atoms with E-state index in [9.17, 15) is 4.79 Å². The first-order valence-electron chi connectivity index (χ1n) is 6.51. The van der Waals surface area contributed by atoms with E-state index in [4.69, 9.17) is 21.1 Å². The molecule has 0 fully saturated rings. The number of methoxy groups -OCH3 is 1. The van der Waals surface area contributed by atoms with Gasteiger partial charge in [-0.3, -0.25) is 4.79 Å². The molecule has 1 amide bonds. The summed E-state index contributed by atoms with van der Waals surface area (Å²) < 4.78 is 10.6. The van der Waals surface area contributed by atoms with Gasteiger partial charge in [0.2, 0.25) is 0 Å². The Morgan fingerprint density at radius 3 is 2.48 bits per heavy atom. The predicted molar refractivity (Wildman–Crippen MR) is 82.3 cm³/mol. The molecule has 0 radical (unpaired) electrons. The molecule has 0 atom stereocenters. The van der Waals surface area contributed by atoms with E-state index in [1.807, 2.05) is 18.2 Å². The van der Waals surface area contributed by atoms with Crippen molar-refractivity contribution in [1.82, 2.24) is 5.32 Å². The minimum Gasteiger partial charge on any atom is -0.496 e. The van der Waals surface area contributed by atoms with E-state index in [1.165, 1.54) is 7.11 Å². The van der Waals surface area contributed by atoms with Crippen molar-refractivity contribution in [3.63, 3.8) is 0 Å². The molecule has 0 unspecified atom stereocenters. The molecule has 110 valence electrons. The predicted octanol–water partition coefficient (Wildman–Crippen LogP) is 3.16. The highest BCUT2D eigenvalue weighted by atomic mass is 35.5. The van der Waals surface area contributed by atoms with Gasteiger partial charge in [-0.15, -0.1) is 0 Å². The Bertz CT molecular complexity index is 616. The van der Waals surface area contributed by atoms with Crippen LogP contribution in [0.25, 0.3) is 0 Å². The summed E-state index contributed by atoms with van der Waals surface area (Å²) in [5, 5.41) is 3.33. The molecule has 0 saturated heterocycles. The van der Waals surface area contributed by atoms with Crippen LogP contribution in [-0.4, -0.2) is 26.2 Å². The molecule has 5 heteroatoms. The molecule has 2 rings (SSSR count). The topological polar surface area (TPSA) is 47.6 Å². The van der Waals surface area contributed by atoms with Crippen LogP contribution in [0, 0.1) is 0 Å². The second kappa shape index (κ2) is 7.55. The van der Waals surface area contributed by atoms with Crippen LogP contribution in [0.5, 0.6) is 11.5 Å². The average Bonchev–Trinajstić information content (AvgIpc) is 2.52. The summed E-state index contributed by atoms with van der Waals surface area (Å²) >= 11 is 5.97. The number of ether oxygens (including phenoxy) is 2. The zero-order valence-corrected chi connectivity index (χ0v) is 12.4. The van der Waals surface area contributed by atoms with Gasteiger partial charge in [-0.25, -0.2) is 0 Å². The Balaban J connectivity index is 1.83. The Labute approximate surface area is 128 Å². The van der Waals surface area contributed by atoms with Gasteiger partial charge in [0.15, 0.2) is 0 Å². The molecule has 0 aliphatic heterocycles. The van der Waals surface area contributed by atoms with Gasteiger partial charge in [0.1, 0.15) is 18.1 Å². The van der Waals surface area contributed by atoms with E-state index in [0.29, 0.717) is 35.2 Å². The lowest BCUT2D eigenvalue weighted by Gasteiger charge is -2.10. The number of para-hydroxylation sites is 2. The van der Waals surface area contributed by atoms with Crippen LogP contribution in [0.3, 0.4) is 0 Å². The monoisotopic (exact) mass is 305 g/mol. The second-order valence-electron chi connectivity index (χ2n) is 4.24. The number of hydrogen-bond acceptors (Lipinski definition) is 3. The van der Waals surface area contributed by atoms with E-state index in [-0.39, 0.29) is 5.91 Å². The largest absolute Gasteiger partial charge is 0.496 e. The summed E-state index contributed by atoms with van der Waals surface area (Å²) in [5.41, 5.74) is 0.498. The highest BCUT2D eigenvalue weighted by Crippen LogP contribution is 2.22. The van der Waals surface area contributed by atoms with Crippen molar-refractivity contribution in [2.45, 2.75) is 0 Å². The smallest absolute Gasteiger partial charge is 0.255 e. The molecule has 1 N–H and O–H groups in total. The number of rotatable bonds is 6. The van der Waals surface area contributed by atoms with Crippen LogP contribution in [0.15, 0.2) is 48.5 Å². The van der Waals surface area contributed by atoms with Gasteiger partial charge >= 0.3 is 0 Å². The molecule has 0 aliphatic rings. The van der Waals surface area contributed by atoms with Crippen LogP contribution in [0.4, 0.5) is 0 Å². The molecule has 0 aliphatic carbocycles. The van der Waals surface area contributed by atoms with Gasteiger partial charge in [-0.2, -0.15) is 0 Å². The molecule has 2 aromatic rings. The van der Waals surface area contributed by atoms with Crippen LogP contribution >= 0.6 is 11.6 Å². The van der Waals surface area contributed by atoms with Crippen molar-refractivity contribution in [3.05, 3.63) is 59.1 Å². The summed E-state index contributed by atoms with van der Waals surface area (Å²) in [6, 6.07) is 14.3. The van der Waals surface area contributed by atoms with Crippen molar-refractivity contribution >= 4 is 17.5 Å². The number of amides is 1. The Morgan fingerprint density at radius 2 is 1.76 bits per heavy atom. The Kier molecular flexibility index (Phi) is 5.46. The Hall–Kier alpha value is -2.20. The SMILES string of the molecule is COc1ccccc1C(=O)NCCOc1ccccc1Cl. The molecular weight excluding hydrogens is 290 g/mol. The van der Waals surface area contributed by atoms with Gasteiger partial charge in [-0.05, 0) is 24.3 Å². The van der Waals surface area contributed by atoms with Crippen LogP contribution in [0.2, 0.25) is 5.02 Å². The molecular formula is C16H16ClNO3. The fourth-order valence-electron chi connectivity index (χ4n) is 1.81. The van der Waals surface area contributed by atoms with Crippen molar-refractivity contribution < 1.29 is 14.3 Å². The maximum atomic E-state index is 12.0. The summed E-state index contributed by atoms with van der Waals surface area (Å²) in [6.45, 7) is 0.715. The summed E-state index contributed by atoms with van der Waals surface area (Å²) in [6.07, 6.45) is 0. The number of nitrogens with one attached hydrogen (secondary N) is 1. The highest BCUT2D eigenvalue weighted by Gasteiger charge is 2.10. The molecule has 0 aromatic heterocycles. The van der Waals surface area contributed by atoms with Crippen molar-refractivity contribution in [2.24, 2.45) is 0 Å². The molecule has 0 spiro atoms. The van der Waals surface area contributed by atoms with E-state index in [2.05, 4.69) is 5.32 Å². The van der Waals surface area contributed by atoms with Crippen molar-refractivity contribution in [3.8, 4) is 11.5 Å². The molecule has 0 saturated carbocycles. The molecule has 0 bridgehead atoms. The van der Waals surface area contributed by atoms with Crippen molar-refractivity contribution in [2.75, 3.05) is 20.3 Å². The molecule has 21 heavy (non-hydrogen) atoms. The first-order valence-corrected chi connectivity index (χ1v) is 6.88. The minimum absolute atomic E-state index is 0.199. The molecule has 0 heterocycles. The summed E-state index contributed by atoms with van der Waals surface area (Å²) in [5.74, 6) is 0.947. The van der Waals surface area contributed by atoms with Crippen LogP contribution in [0.1, 0.15) is 10.4 Å². The molecule has 2 aromatic carbocycles. The normalized spacial score (nSPS) is 10.0. The van der Waals surface area contributed by atoms with E-state index >= 15 is 0 Å². The third-order valence-electron chi connectivity index (χ3n) is 2.83. The third kappa shape index (κ3) is 4.13. The second-order valence-corrected chi connectivity index (χ2v) is 4.64. The maximum absolute atomic E-state index is 12.0. The first kappa shape index (κ1) is 15.2. The van der Waals surface area contributed by atoms with Crippen LogP contribution in [-0.2, 0) is 0 Å². The van der Waals surface area contributed by atoms with Gasteiger partial charge in [0, 0.05) is 0 Å². The van der Waals surface area contributed by atoms with E-state index < -0.39 is 0 Å². The molecule has 4 nitrogen and oxygen atoms in total. The lowest BCUT2D eigenvalue weighted by molar-refractivity contribution is 0.0944. The van der Waals surface area contributed by atoms with Crippen molar-refractivity contribution in [1.29, 1.82) is 0 Å². The number of hydrogen-bond donors (Lipinski definition) is 1. The van der Waals surface area contributed by atoms with Crippen LogP contribution < -0.4 is 14.8 Å². The standard InChI is InChI=1S/C16H16ClNO3/c1-20-14-8-4-2-6-12(14)16(19)18-10-11-21-15-9-5-3-7-13(15)17/h2-9H,10-11H2,1H3,(H,18,19). The minimum atomic E-state index is -0.199. The van der Waals surface area contributed by atoms with Gasteiger partial charge in [0.05, 0.1) is 24.2 Å². The average molecular weight is 306 g/mol. The number of halogens is 1. The number of benzene rings is 2. The fourth-order valence-corrected chi connectivity index (χ4v) is 2.01. The van der Waals surface area contributed by atoms with Gasteiger partial charge in [0.25, 0.3) is 5.91 Å². The lowest BCUT2D eigenvalue weighted by Crippen LogP contribution is -2.28. The van der Waals surface area contributed by atoms with Gasteiger partial charge in [-0.1, -0.05) is 35.9 Å². The number of carbonyl (C=O) groups excluding carboxylic acids is 1.